The first-order valence-electron chi connectivity index (χ1n) is 4.93. The van der Waals surface area contributed by atoms with E-state index < -0.39 is 17.9 Å². The van der Waals surface area contributed by atoms with Crippen LogP contribution in [0.25, 0.3) is 0 Å². The van der Waals surface area contributed by atoms with Crippen LogP contribution in [0, 0.1) is 5.92 Å². The van der Waals surface area contributed by atoms with Crippen molar-refractivity contribution in [1.29, 1.82) is 0 Å². The summed E-state index contributed by atoms with van der Waals surface area (Å²) in [6, 6.07) is -0.426. The van der Waals surface area contributed by atoms with Gasteiger partial charge in [0.1, 0.15) is 11.3 Å². The van der Waals surface area contributed by atoms with Gasteiger partial charge in [0.2, 0.25) is 0 Å². The van der Waals surface area contributed by atoms with Gasteiger partial charge < -0.3 is 15.7 Å². The Kier molecular flexibility index (Phi) is 3.34. The fraction of sp³-hybridized carbons (Fsp3) is 0.600. The summed E-state index contributed by atoms with van der Waals surface area (Å²) in [6.07, 6.45) is 0.623. The zero-order chi connectivity index (χ0) is 11.6. The van der Waals surface area contributed by atoms with Gasteiger partial charge in [-0.05, 0) is 12.3 Å². The molecule has 1 atom stereocenters. The Hall–Kier alpha value is -1.52. The molecule has 1 heterocycles. The molecular weight excluding hydrogens is 196 g/mol. The van der Waals surface area contributed by atoms with Crippen LogP contribution in [-0.2, 0) is 9.59 Å². The third-order valence-corrected chi connectivity index (χ3v) is 2.28. The first-order chi connectivity index (χ1) is 6.97. The molecule has 84 valence electrons. The zero-order valence-corrected chi connectivity index (χ0v) is 9.13. The maximum absolute atomic E-state index is 11.4. The quantitative estimate of drug-likeness (QED) is 0.580. The van der Waals surface area contributed by atoms with Crippen molar-refractivity contribution in [2.24, 2.45) is 5.92 Å². The van der Waals surface area contributed by atoms with Gasteiger partial charge in [-0.3, -0.25) is 9.59 Å². The molecule has 0 fully saturated rings. The van der Waals surface area contributed by atoms with E-state index in [-0.39, 0.29) is 11.3 Å². The van der Waals surface area contributed by atoms with Crippen LogP contribution in [0.2, 0.25) is 0 Å². The highest BCUT2D eigenvalue weighted by molar-refractivity contribution is 6.20. The van der Waals surface area contributed by atoms with E-state index in [9.17, 15) is 14.7 Å². The Bertz CT molecular complexity index is 321. The molecule has 0 aromatic rings. The van der Waals surface area contributed by atoms with Crippen LogP contribution < -0.4 is 10.6 Å². The van der Waals surface area contributed by atoms with E-state index in [4.69, 9.17) is 0 Å². The Morgan fingerprint density at radius 3 is 2.67 bits per heavy atom. The van der Waals surface area contributed by atoms with Crippen molar-refractivity contribution in [1.82, 2.24) is 10.6 Å². The van der Waals surface area contributed by atoms with E-state index in [1.165, 1.54) is 7.05 Å². The van der Waals surface area contributed by atoms with Crippen LogP contribution >= 0.6 is 0 Å². The molecule has 2 amide bonds. The van der Waals surface area contributed by atoms with Crippen LogP contribution in [0.1, 0.15) is 20.3 Å². The molecule has 5 nitrogen and oxygen atoms in total. The minimum Gasteiger partial charge on any atom is -0.509 e. The second-order valence-electron chi connectivity index (χ2n) is 3.99. The molecular formula is C10H16N2O3. The molecule has 0 saturated heterocycles. The van der Waals surface area contributed by atoms with Crippen molar-refractivity contribution < 1.29 is 14.7 Å². The second kappa shape index (κ2) is 4.33. The summed E-state index contributed by atoms with van der Waals surface area (Å²) in [5, 5.41) is 14.6. The topological polar surface area (TPSA) is 78.4 Å². The molecule has 5 heteroatoms. The van der Waals surface area contributed by atoms with E-state index in [1.54, 1.807) is 0 Å². The Morgan fingerprint density at radius 1 is 1.60 bits per heavy atom. The zero-order valence-electron chi connectivity index (χ0n) is 9.13. The number of aliphatic hydroxyl groups is 1. The number of nitrogens with one attached hydrogen (secondary N) is 2. The average Bonchev–Trinajstić information content (AvgIpc) is 2.40. The SMILES string of the molecule is CNC(=O)C1=C(O)C(CC(C)C)NC1=O. The van der Waals surface area contributed by atoms with Gasteiger partial charge in [-0.1, -0.05) is 13.8 Å². The Balaban J connectivity index is 2.88. The van der Waals surface area contributed by atoms with Crippen molar-refractivity contribution in [3.05, 3.63) is 11.3 Å². The number of hydrogen-bond acceptors (Lipinski definition) is 3. The monoisotopic (exact) mass is 212 g/mol. The van der Waals surface area contributed by atoms with Crippen LogP contribution in [-0.4, -0.2) is 30.0 Å². The molecule has 0 aromatic heterocycles. The number of aliphatic hydroxyl groups excluding tert-OH is 1. The lowest BCUT2D eigenvalue weighted by molar-refractivity contribution is -0.122. The summed E-state index contributed by atoms with van der Waals surface area (Å²) in [7, 11) is 1.42. The molecule has 15 heavy (non-hydrogen) atoms. The third kappa shape index (κ3) is 2.29. The summed E-state index contributed by atoms with van der Waals surface area (Å²) in [5.74, 6) is -0.858. The van der Waals surface area contributed by atoms with Crippen LogP contribution in [0.15, 0.2) is 11.3 Å². The van der Waals surface area contributed by atoms with Gasteiger partial charge in [0.05, 0.1) is 6.04 Å². The molecule has 0 aromatic carbocycles. The number of carbonyl (C=O) groups is 2. The summed E-state index contributed by atoms with van der Waals surface area (Å²) >= 11 is 0. The van der Waals surface area contributed by atoms with E-state index in [0.29, 0.717) is 12.3 Å². The van der Waals surface area contributed by atoms with Crippen molar-refractivity contribution in [3.8, 4) is 0 Å². The molecule has 1 aliphatic rings. The normalized spacial score (nSPS) is 20.8. The van der Waals surface area contributed by atoms with Gasteiger partial charge in [0.25, 0.3) is 11.8 Å². The predicted octanol–water partition coefficient (Wildman–Crippen LogP) is 0.0890. The molecule has 0 bridgehead atoms. The fourth-order valence-electron chi connectivity index (χ4n) is 1.58. The van der Waals surface area contributed by atoms with Gasteiger partial charge in [0.15, 0.2) is 0 Å². The maximum atomic E-state index is 11.4. The number of likely N-dealkylation sites (N-methyl/N-ethyl adjacent to an activating group) is 1. The van der Waals surface area contributed by atoms with Gasteiger partial charge in [-0.2, -0.15) is 0 Å². The number of rotatable bonds is 3. The van der Waals surface area contributed by atoms with Gasteiger partial charge in [-0.25, -0.2) is 0 Å². The van der Waals surface area contributed by atoms with E-state index in [0.717, 1.165) is 0 Å². The molecule has 3 N–H and O–H groups in total. The minimum absolute atomic E-state index is 0.145. The lowest BCUT2D eigenvalue weighted by atomic mass is 10.0. The highest BCUT2D eigenvalue weighted by Gasteiger charge is 2.35. The summed E-state index contributed by atoms with van der Waals surface area (Å²) < 4.78 is 0. The predicted molar refractivity (Wildman–Crippen MR) is 55.1 cm³/mol. The van der Waals surface area contributed by atoms with E-state index in [1.807, 2.05) is 13.8 Å². The molecule has 0 radical (unpaired) electrons. The summed E-state index contributed by atoms with van der Waals surface area (Å²) in [4.78, 5) is 22.7. The Labute approximate surface area is 88.5 Å². The molecule has 0 aliphatic carbocycles. The average molecular weight is 212 g/mol. The lowest BCUT2D eigenvalue weighted by Crippen LogP contribution is -2.31. The summed E-state index contributed by atoms with van der Waals surface area (Å²) in [6.45, 7) is 3.97. The largest absolute Gasteiger partial charge is 0.509 e. The van der Waals surface area contributed by atoms with Gasteiger partial charge in [-0.15, -0.1) is 0 Å². The highest BCUT2D eigenvalue weighted by Crippen LogP contribution is 2.20. The van der Waals surface area contributed by atoms with Crippen molar-refractivity contribution in [2.75, 3.05) is 7.05 Å². The minimum atomic E-state index is -0.545. The highest BCUT2D eigenvalue weighted by atomic mass is 16.3. The number of amides is 2. The van der Waals surface area contributed by atoms with Crippen LogP contribution in [0.5, 0.6) is 0 Å². The lowest BCUT2D eigenvalue weighted by Gasteiger charge is -2.12. The summed E-state index contributed by atoms with van der Waals surface area (Å²) in [5.41, 5.74) is -0.164. The number of hydrogen-bond donors (Lipinski definition) is 3. The van der Waals surface area contributed by atoms with Crippen LogP contribution in [0.4, 0.5) is 0 Å². The second-order valence-corrected chi connectivity index (χ2v) is 3.99. The van der Waals surface area contributed by atoms with Crippen LogP contribution in [0.3, 0.4) is 0 Å². The smallest absolute Gasteiger partial charge is 0.260 e. The van der Waals surface area contributed by atoms with Crippen molar-refractivity contribution >= 4 is 11.8 Å². The molecule has 0 saturated carbocycles. The van der Waals surface area contributed by atoms with E-state index >= 15 is 0 Å². The van der Waals surface area contributed by atoms with Gasteiger partial charge in [0, 0.05) is 7.05 Å². The number of carbonyl (C=O) groups excluding carboxylic acids is 2. The first-order valence-corrected chi connectivity index (χ1v) is 4.93. The standard InChI is InChI=1S/C10H16N2O3/c1-5(2)4-6-8(13)7(9(14)11-3)10(15)12-6/h5-6,13H,4H2,1-3H3,(H,11,14)(H,12,15). The molecule has 1 rings (SSSR count). The van der Waals surface area contributed by atoms with Crippen molar-refractivity contribution in [2.45, 2.75) is 26.3 Å². The third-order valence-electron chi connectivity index (χ3n) is 2.28. The van der Waals surface area contributed by atoms with E-state index in [2.05, 4.69) is 10.6 Å². The Morgan fingerprint density at radius 2 is 2.20 bits per heavy atom. The maximum Gasteiger partial charge on any atom is 0.260 e. The first kappa shape index (κ1) is 11.6. The fourth-order valence-corrected chi connectivity index (χ4v) is 1.58. The van der Waals surface area contributed by atoms with Crippen molar-refractivity contribution in [3.63, 3.8) is 0 Å². The van der Waals surface area contributed by atoms with Gasteiger partial charge >= 0.3 is 0 Å². The molecule has 1 unspecified atom stereocenters. The molecule has 1 aliphatic heterocycles. The molecule has 0 spiro atoms.